The first kappa shape index (κ1) is 16.3. The number of rotatable bonds is 2. The number of esters is 1. The number of carbonyl (C=O) groups is 3. The molecule has 1 heterocycles. The molecule has 3 rings (SSSR count). The number of fused-ring (bicyclic) bond motifs is 2. The van der Waals surface area contributed by atoms with Crippen molar-refractivity contribution in [1.82, 2.24) is 0 Å². The van der Waals surface area contributed by atoms with Gasteiger partial charge in [0.2, 0.25) is 0 Å². The summed E-state index contributed by atoms with van der Waals surface area (Å²) in [4.78, 5) is 37.9. The predicted molar refractivity (Wildman–Crippen MR) is 79.3 cm³/mol. The van der Waals surface area contributed by atoms with E-state index in [2.05, 4.69) is 0 Å². The van der Waals surface area contributed by atoms with Crippen molar-refractivity contribution in [1.29, 1.82) is 0 Å². The van der Waals surface area contributed by atoms with Gasteiger partial charge >= 0.3 is 5.97 Å². The van der Waals surface area contributed by atoms with Gasteiger partial charge in [-0.2, -0.15) is 0 Å². The number of carbonyl (C=O) groups excluding carboxylic acids is 3. The van der Waals surface area contributed by atoms with Gasteiger partial charge in [0, 0.05) is 18.8 Å². The summed E-state index contributed by atoms with van der Waals surface area (Å²) in [5.41, 5.74) is -1.42. The van der Waals surface area contributed by atoms with Gasteiger partial charge in [-0.05, 0) is 31.9 Å². The van der Waals surface area contributed by atoms with Gasteiger partial charge in [-0.15, -0.1) is 0 Å². The van der Waals surface area contributed by atoms with Crippen LogP contribution in [0.1, 0.15) is 33.6 Å². The minimum atomic E-state index is -1.42. The minimum Gasteiger partial charge on any atom is -0.462 e. The Balaban J connectivity index is 2.13. The van der Waals surface area contributed by atoms with Gasteiger partial charge in [-0.3, -0.25) is 14.4 Å². The molecule has 126 valence electrons. The molecular formula is C17H22O6. The van der Waals surface area contributed by atoms with Gasteiger partial charge < -0.3 is 14.2 Å². The first-order chi connectivity index (χ1) is 10.8. The molecule has 1 spiro atoms. The second kappa shape index (κ2) is 5.53. The SMILES string of the molecule is CC(C)OC(=O)[C@]12C(=O)C=CC3(OCCO3)[C@H]1CC(=O)C[C@@H]2C. The molecule has 0 bridgehead atoms. The van der Waals surface area contributed by atoms with Crippen molar-refractivity contribution in [2.24, 2.45) is 17.3 Å². The van der Waals surface area contributed by atoms with Crippen LogP contribution >= 0.6 is 0 Å². The highest BCUT2D eigenvalue weighted by Crippen LogP contribution is 2.55. The van der Waals surface area contributed by atoms with Crippen molar-refractivity contribution in [2.75, 3.05) is 13.2 Å². The van der Waals surface area contributed by atoms with E-state index in [4.69, 9.17) is 14.2 Å². The van der Waals surface area contributed by atoms with Gasteiger partial charge in [0.25, 0.3) is 0 Å². The fourth-order valence-electron chi connectivity index (χ4n) is 4.14. The molecule has 6 heteroatoms. The van der Waals surface area contributed by atoms with Crippen LogP contribution in [0.2, 0.25) is 0 Å². The van der Waals surface area contributed by atoms with E-state index in [0.29, 0.717) is 13.2 Å². The van der Waals surface area contributed by atoms with Crippen LogP contribution in [0.3, 0.4) is 0 Å². The Morgan fingerprint density at radius 1 is 1.26 bits per heavy atom. The Bertz CT molecular complexity index is 572. The number of hydrogen-bond acceptors (Lipinski definition) is 6. The van der Waals surface area contributed by atoms with Gasteiger partial charge in [0.1, 0.15) is 11.2 Å². The third-order valence-corrected chi connectivity index (χ3v) is 5.07. The lowest BCUT2D eigenvalue weighted by molar-refractivity contribution is -0.220. The maximum atomic E-state index is 12.9. The number of Topliss-reactive ketones (excluding diaryl/α,β-unsaturated/α-hetero) is 1. The van der Waals surface area contributed by atoms with Crippen molar-refractivity contribution in [3.63, 3.8) is 0 Å². The van der Waals surface area contributed by atoms with E-state index in [1.54, 1.807) is 26.8 Å². The number of hydrogen-bond donors (Lipinski definition) is 0. The number of allylic oxidation sites excluding steroid dienone is 1. The molecule has 2 aliphatic carbocycles. The second-order valence-corrected chi connectivity index (χ2v) is 6.84. The molecule has 1 aliphatic heterocycles. The summed E-state index contributed by atoms with van der Waals surface area (Å²) in [6.07, 6.45) is 2.82. The maximum Gasteiger partial charge on any atom is 0.321 e. The Morgan fingerprint density at radius 3 is 2.52 bits per heavy atom. The van der Waals surface area contributed by atoms with Crippen molar-refractivity contribution in [3.05, 3.63) is 12.2 Å². The molecule has 0 amide bonds. The van der Waals surface area contributed by atoms with Gasteiger partial charge in [-0.25, -0.2) is 0 Å². The van der Waals surface area contributed by atoms with E-state index in [-0.39, 0.29) is 30.5 Å². The molecule has 1 saturated heterocycles. The lowest BCUT2D eigenvalue weighted by atomic mass is 9.53. The topological polar surface area (TPSA) is 78.9 Å². The van der Waals surface area contributed by atoms with Crippen LogP contribution in [-0.4, -0.2) is 42.6 Å². The zero-order valence-corrected chi connectivity index (χ0v) is 13.7. The Kier molecular flexibility index (Phi) is 3.92. The van der Waals surface area contributed by atoms with Crippen LogP contribution in [0.5, 0.6) is 0 Å². The fraction of sp³-hybridized carbons (Fsp3) is 0.706. The molecular weight excluding hydrogens is 300 g/mol. The van der Waals surface area contributed by atoms with Crippen molar-refractivity contribution in [3.8, 4) is 0 Å². The molecule has 0 aromatic carbocycles. The summed E-state index contributed by atoms with van der Waals surface area (Å²) in [6, 6.07) is 0. The molecule has 0 aromatic heterocycles. The average Bonchev–Trinajstić information content (AvgIpc) is 2.92. The van der Waals surface area contributed by atoms with E-state index >= 15 is 0 Å². The largest absolute Gasteiger partial charge is 0.462 e. The van der Waals surface area contributed by atoms with Crippen LogP contribution in [-0.2, 0) is 28.6 Å². The molecule has 6 nitrogen and oxygen atoms in total. The average molecular weight is 322 g/mol. The van der Waals surface area contributed by atoms with Crippen LogP contribution < -0.4 is 0 Å². The molecule has 2 fully saturated rings. The van der Waals surface area contributed by atoms with Gasteiger partial charge in [-0.1, -0.05) is 6.92 Å². The summed E-state index contributed by atoms with van der Waals surface area (Å²) in [6.45, 7) is 5.97. The molecule has 0 aromatic rings. The van der Waals surface area contributed by atoms with Crippen LogP contribution in [0.4, 0.5) is 0 Å². The highest BCUT2D eigenvalue weighted by atomic mass is 16.7. The number of ketones is 2. The highest BCUT2D eigenvalue weighted by Gasteiger charge is 2.68. The summed E-state index contributed by atoms with van der Waals surface area (Å²) < 4.78 is 16.9. The minimum absolute atomic E-state index is 0.0112. The zero-order valence-electron chi connectivity index (χ0n) is 13.7. The highest BCUT2D eigenvalue weighted by molar-refractivity contribution is 6.12. The second-order valence-electron chi connectivity index (χ2n) is 6.84. The lowest BCUT2D eigenvalue weighted by Gasteiger charge is -2.51. The lowest BCUT2D eigenvalue weighted by Crippen LogP contribution is -2.63. The fourth-order valence-corrected chi connectivity index (χ4v) is 4.14. The number of ether oxygens (including phenoxy) is 3. The van der Waals surface area contributed by atoms with E-state index in [0.717, 1.165) is 0 Å². The van der Waals surface area contributed by atoms with Crippen molar-refractivity contribution in [2.45, 2.75) is 45.5 Å². The van der Waals surface area contributed by atoms with Crippen molar-refractivity contribution >= 4 is 17.5 Å². The van der Waals surface area contributed by atoms with E-state index < -0.39 is 29.0 Å². The molecule has 0 radical (unpaired) electrons. The van der Waals surface area contributed by atoms with Crippen LogP contribution in [0, 0.1) is 17.3 Å². The van der Waals surface area contributed by atoms with E-state index in [1.165, 1.54) is 6.08 Å². The Morgan fingerprint density at radius 2 is 1.91 bits per heavy atom. The third kappa shape index (κ3) is 2.27. The zero-order chi connectivity index (χ0) is 16.8. The van der Waals surface area contributed by atoms with Crippen molar-refractivity contribution < 1.29 is 28.6 Å². The summed E-state index contributed by atoms with van der Waals surface area (Å²) in [5, 5.41) is 0. The molecule has 23 heavy (non-hydrogen) atoms. The molecule has 3 atom stereocenters. The first-order valence-electron chi connectivity index (χ1n) is 8.07. The van der Waals surface area contributed by atoms with Crippen LogP contribution in [0.15, 0.2) is 12.2 Å². The maximum absolute atomic E-state index is 12.9. The summed E-state index contributed by atoms with van der Waals surface area (Å²) in [7, 11) is 0. The normalized spacial score (nSPS) is 35.7. The van der Waals surface area contributed by atoms with Gasteiger partial charge in [0.05, 0.1) is 19.3 Å². The Labute approximate surface area is 135 Å². The smallest absolute Gasteiger partial charge is 0.321 e. The molecule has 0 unspecified atom stereocenters. The molecule has 1 saturated carbocycles. The van der Waals surface area contributed by atoms with E-state index in [1.807, 2.05) is 0 Å². The monoisotopic (exact) mass is 322 g/mol. The van der Waals surface area contributed by atoms with E-state index in [9.17, 15) is 14.4 Å². The van der Waals surface area contributed by atoms with Gasteiger partial charge in [0.15, 0.2) is 11.6 Å². The Hall–Kier alpha value is -1.53. The molecule has 3 aliphatic rings. The molecule has 0 N–H and O–H groups in total. The summed E-state index contributed by atoms with van der Waals surface area (Å²) in [5.74, 6) is -3.21. The quantitative estimate of drug-likeness (QED) is 0.565. The third-order valence-electron chi connectivity index (χ3n) is 5.07. The first-order valence-corrected chi connectivity index (χ1v) is 8.07. The van der Waals surface area contributed by atoms with Crippen LogP contribution in [0.25, 0.3) is 0 Å². The predicted octanol–water partition coefficient (Wildman–Crippen LogP) is 1.42. The summed E-state index contributed by atoms with van der Waals surface area (Å²) >= 11 is 0. The standard InChI is InChI=1S/C17H22O6/c1-10(2)23-15(20)17-11(3)8-12(18)9-13(17)16(5-4-14(17)19)21-6-7-22-16/h4-5,10-11,13H,6-9H2,1-3H3/t11-,13+,17-/m0/s1.